The van der Waals surface area contributed by atoms with Crippen molar-refractivity contribution in [3.63, 3.8) is 0 Å². The van der Waals surface area contributed by atoms with Crippen molar-refractivity contribution in [3.8, 4) is 23.0 Å². The summed E-state index contributed by atoms with van der Waals surface area (Å²) in [5.41, 5.74) is 1.77. The fraction of sp³-hybridized carbons (Fsp3) is 0.292. The van der Waals surface area contributed by atoms with Crippen LogP contribution in [0, 0.1) is 0 Å². The second-order valence-electron chi connectivity index (χ2n) is 7.85. The van der Waals surface area contributed by atoms with Gasteiger partial charge in [-0.15, -0.1) is 11.3 Å². The molecule has 2 aliphatic rings. The van der Waals surface area contributed by atoms with E-state index in [0.29, 0.717) is 45.8 Å². The van der Waals surface area contributed by atoms with Gasteiger partial charge in [0.05, 0.1) is 25.8 Å². The van der Waals surface area contributed by atoms with Gasteiger partial charge in [-0.2, -0.15) is 0 Å². The maximum Gasteiger partial charge on any atom is 0.257 e. The van der Waals surface area contributed by atoms with Gasteiger partial charge in [0.15, 0.2) is 28.1 Å². The number of aryl methyl sites for hydroxylation is 1. The maximum absolute atomic E-state index is 13.1. The minimum absolute atomic E-state index is 0.145. The molecular weight excluding hydrogens is 458 g/mol. The predicted octanol–water partition coefficient (Wildman–Crippen LogP) is 4.20. The molecule has 3 aromatic rings. The number of nitrogens with zero attached hydrogens (tertiary/aromatic N) is 1. The number of hydrogen-bond donors (Lipinski definition) is 2. The summed E-state index contributed by atoms with van der Waals surface area (Å²) in [5.74, 6) is 1.43. The molecule has 1 atom stereocenters. The van der Waals surface area contributed by atoms with E-state index in [2.05, 4.69) is 15.6 Å². The zero-order valence-corrected chi connectivity index (χ0v) is 19.5. The van der Waals surface area contributed by atoms with Gasteiger partial charge in [0.2, 0.25) is 12.7 Å². The molecule has 176 valence electrons. The van der Waals surface area contributed by atoms with Gasteiger partial charge in [0.25, 0.3) is 5.91 Å². The van der Waals surface area contributed by atoms with Crippen molar-refractivity contribution in [2.45, 2.75) is 25.2 Å². The van der Waals surface area contributed by atoms with Gasteiger partial charge in [-0.25, -0.2) is 4.98 Å². The Morgan fingerprint density at radius 1 is 1.03 bits per heavy atom. The minimum Gasteiger partial charge on any atom is -0.493 e. The van der Waals surface area contributed by atoms with E-state index in [1.165, 1.54) is 11.3 Å². The Labute approximate surface area is 200 Å². The normalized spacial score (nSPS) is 15.9. The van der Waals surface area contributed by atoms with E-state index in [9.17, 15) is 9.59 Å². The van der Waals surface area contributed by atoms with E-state index < -0.39 is 5.92 Å². The number of aromatic nitrogens is 1. The average Bonchev–Trinajstić information content (AvgIpc) is 3.49. The lowest BCUT2D eigenvalue weighted by Gasteiger charge is -2.20. The molecule has 1 aliphatic heterocycles. The summed E-state index contributed by atoms with van der Waals surface area (Å²) in [4.78, 5) is 31.5. The van der Waals surface area contributed by atoms with E-state index in [4.69, 9.17) is 18.9 Å². The number of nitrogens with one attached hydrogen (secondary N) is 2. The average molecular weight is 482 g/mol. The first kappa shape index (κ1) is 22.0. The van der Waals surface area contributed by atoms with Crippen molar-refractivity contribution >= 4 is 34.0 Å². The summed E-state index contributed by atoms with van der Waals surface area (Å²) >= 11 is 1.41. The molecule has 0 radical (unpaired) electrons. The third-order valence-corrected chi connectivity index (χ3v) is 6.82. The Morgan fingerprint density at radius 3 is 2.68 bits per heavy atom. The van der Waals surface area contributed by atoms with Crippen LogP contribution in [0.5, 0.6) is 23.0 Å². The summed E-state index contributed by atoms with van der Waals surface area (Å²) in [6.45, 7) is 0.145. The summed E-state index contributed by atoms with van der Waals surface area (Å²) < 4.78 is 21.2. The molecule has 10 heteroatoms. The number of hydrogen-bond acceptors (Lipinski definition) is 8. The van der Waals surface area contributed by atoms with Gasteiger partial charge in [0.1, 0.15) is 0 Å². The molecule has 1 aromatic heterocycles. The number of rotatable bonds is 6. The van der Waals surface area contributed by atoms with Crippen LogP contribution in [0.1, 0.15) is 39.7 Å². The van der Waals surface area contributed by atoms with E-state index in [1.807, 2.05) is 0 Å². The number of fused-ring (bicyclic) bond motifs is 2. The van der Waals surface area contributed by atoms with Crippen LogP contribution in [-0.2, 0) is 11.2 Å². The lowest BCUT2D eigenvalue weighted by molar-refractivity contribution is -0.117. The molecule has 2 amide bonds. The zero-order chi connectivity index (χ0) is 23.7. The SMILES string of the molecule is COc1ccc(NC(=O)C2CCCc3sc(NC(=O)c4ccc5c(c4)OCO5)nc32)cc1OC. The highest BCUT2D eigenvalue weighted by Gasteiger charge is 2.31. The standard InChI is InChI=1S/C24H23N3O6S/c1-30-16-9-7-14(11-18(16)31-2)25-23(29)15-4-3-5-20-21(15)26-24(34-20)27-22(28)13-6-8-17-19(10-13)33-12-32-17/h6-11,15H,3-5,12H2,1-2H3,(H,25,29)(H,26,27,28). The van der Waals surface area contributed by atoms with E-state index in [1.54, 1.807) is 50.6 Å². The van der Waals surface area contributed by atoms with Crippen LogP contribution in [0.3, 0.4) is 0 Å². The van der Waals surface area contributed by atoms with Gasteiger partial charge >= 0.3 is 0 Å². The van der Waals surface area contributed by atoms with Crippen LogP contribution in [0.4, 0.5) is 10.8 Å². The van der Waals surface area contributed by atoms with Crippen LogP contribution in [0.25, 0.3) is 0 Å². The van der Waals surface area contributed by atoms with Crippen molar-refractivity contribution in [2.75, 3.05) is 31.6 Å². The molecule has 34 heavy (non-hydrogen) atoms. The molecule has 0 fully saturated rings. The molecule has 2 aromatic carbocycles. The van der Waals surface area contributed by atoms with E-state index in [0.717, 1.165) is 23.4 Å². The summed E-state index contributed by atoms with van der Waals surface area (Å²) in [6.07, 6.45) is 2.38. The number of benzene rings is 2. The van der Waals surface area contributed by atoms with Crippen LogP contribution >= 0.6 is 11.3 Å². The molecule has 1 aliphatic carbocycles. The van der Waals surface area contributed by atoms with Crippen LogP contribution in [-0.4, -0.2) is 37.8 Å². The second kappa shape index (κ2) is 9.22. The lowest BCUT2D eigenvalue weighted by atomic mass is 9.90. The molecule has 2 heterocycles. The predicted molar refractivity (Wildman–Crippen MR) is 126 cm³/mol. The Hall–Kier alpha value is -3.79. The third kappa shape index (κ3) is 4.24. The third-order valence-electron chi connectivity index (χ3n) is 5.78. The fourth-order valence-electron chi connectivity index (χ4n) is 4.08. The van der Waals surface area contributed by atoms with E-state index in [-0.39, 0.29) is 18.6 Å². The molecular formula is C24H23N3O6S. The van der Waals surface area contributed by atoms with Crippen molar-refractivity contribution < 1.29 is 28.5 Å². The highest BCUT2D eigenvalue weighted by atomic mass is 32.1. The van der Waals surface area contributed by atoms with Crippen LogP contribution in [0.15, 0.2) is 36.4 Å². The first-order chi connectivity index (χ1) is 16.6. The molecule has 0 spiro atoms. The number of carbonyl (C=O) groups excluding carboxylic acids is 2. The summed E-state index contributed by atoms with van der Waals surface area (Å²) in [7, 11) is 3.11. The first-order valence-electron chi connectivity index (χ1n) is 10.8. The first-order valence-corrected chi connectivity index (χ1v) is 11.6. The van der Waals surface area contributed by atoms with Crippen molar-refractivity contribution in [2.24, 2.45) is 0 Å². The van der Waals surface area contributed by atoms with Crippen molar-refractivity contribution in [1.29, 1.82) is 0 Å². The van der Waals surface area contributed by atoms with Crippen LogP contribution in [0.2, 0.25) is 0 Å². The molecule has 0 saturated heterocycles. The van der Waals surface area contributed by atoms with Gasteiger partial charge in [-0.3, -0.25) is 14.9 Å². The quantitative estimate of drug-likeness (QED) is 0.543. The summed E-state index contributed by atoms with van der Waals surface area (Å²) in [6, 6.07) is 10.3. The molecule has 1 unspecified atom stereocenters. The lowest BCUT2D eigenvalue weighted by Crippen LogP contribution is -2.24. The monoisotopic (exact) mass is 481 g/mol. The van der Waals surface area contributed by atoms with Crippen LogP contribution < -0.4 is 29.6 Å². The maximum atomic E-state index is 13.1. The Bertz CT molecular complexity index is 1260. The van der Waals surface area contributed by atoms with Gasteiger partial charge in [-0.1, -0.05) is 0 Å². The summed E-state index contributed by atoms with van der Waals surface area (Å²) in [5, 5.41) is 6.28. The highest BCUT2D eigenvalue weighted by Crippen LogP contribution is 2.38. The van der Waals surface area contributed by atoms with Gasteiger partial charge < -0.3 is 24.3 Å². The number of amides is 2. The Balaban J connectivity index is 1.31. The van der Waals surface area contributed by atoms with Gasteiger partial charge in [0, 0.05) is 22.2 Å². The smallest absolute Gasteiger partial charge is 0.257 e. The molecule has 0 bridgehead atoms. The topological polar surface area (TPSA) is 108 Å². The number of ether oxygens (including phenoxy) is 4. The molecule has 0 saturated carbocycles. The van der Waals surface area contributed by atoms with Gasteiger partial charge in [-0.05, 0) is 49.6 Å². The molecule has 9 nitrogen and oxygen atoms in total. The van der Waals surface area contributed by atoms with E-state index >= 15 is 0 Å². The Kier molecular flexibility index (Phi) is 5.97. The highest BCUT2D eigenvalue weighted by molar-refractivity contribution is 7.16. The molecule has 2 N–H and O–H groups in total. The fourth-order valence-corrected chi connectivity index (χ4v) is 5.14. The number of anilines is 2. The van der Waals surface area contributed by atoms with Crippen molar-refractivity contribution in [3.05, 3.63) is 52.5 Å². The largest absolute Gasteiger partial charge is 0.493 e. The number of carbonyl (C=O) groups is 2. The Morgan fingerprint density at radius 2 is 1.85 bits per heavy atom. The number of thiazole rings is 1. The zero-order valence-electron chi connectivity index (χ0n) is 18.7. The minimum atomic E-state index is -0.399. The number of methoxy groups -OCH3 is 2. The van der Waals surface area contributed by atoms with Crippen molar-refractivity contribution in [1.82, 2.24) is 4.98 Å². The second-order valence-corrected chi connectivity index (χ2v) is 8.94. The molecule has 5 rings (SSSR count).